The van der Waals surface area contributed by atoms with Gasteiger partial charge in [-0.3, -0.25) is 0 Å². The molecule has 11 heteroatoms. The fraction of sp³-hybridized carbons (Fsp3) is 0.0909. The predicted molar refractivity (Wildman–Crippen MR) is 121 cm³/mol. The number of fused-ring (bicyclic) bond motifs is 1. The van der Waals surface area contributed by atoms with E-state index in [-0.39, 0.29) is 27.1 Å². The summed E-state index contributed by atoms with van der Waals surface area (Å²) in [6, 6.07) is 15.0. The molecule has 0 spiro atoms. The molecule has 4 aromatic rings. The number of benzene rings is 3. The molecule has 33 heavy (non-hydrogen) atoms. The molecule has 4 rings (SSSR count). The molecule has 0 radical (unpaired) electrons. The van der Waals surface area contributed by atoms with E-state index in [9.17, 15) is 18.0 Å². The van der Waals surface area contributed by atoms with Gasteiger partial charge in [0.2, 0.25) is 6.10 Å². The van der Waals surface area contributed by atoms with Gasteiger partial charge < -0.3 is 15.2 Å². The Balaban J connectivity index is 1.64. The van der Waals surface area contributed by atoms with E-state index < -0.39 is 18.4 Å². The molecule has 5 nitrogen and oxygen atoms in total. The first-order valence-corrected chi connectivity index (χ1v) is 10.8. The minimum atomic E-state index is -4.75. The van der Waals surface area contributed by atoms with Crippen molar-refractivity contribution in [1.82, 2.24) is 4.98 Å². The molecule has 1 aromatic heterocycles. The molecule has 170 valence electrons. The first-order chi connectivity index (χ1) is 15.6. The molecule has 1 unspecified atom stereocenters. The standard InChI is InChI=1S/C22H13Cl2F3N2O3S/c23-14-2-1-3-15(24)18(14)19(22(25,26)27)31-13-8-9-16-17(10-13)33-20(29-16)11-4-6-12(7-5-11)32-21(28)30/h1-10,19H,(H2,28,30). The van der Waals surface area contributed by atoms with Crippen LogP contribution in [0.4, 0.5) is 18.0 Å². The highest BCUT2D eigenvalue weighted by Crippen LogP contribution is 2.43. The fourth-order valence-corrected chi connectivity index (χ4v) is 4.67. The van der Waals surface area contributed by atoms with Gasteiger partial charge in [0.05, 0.1) is 10.2 Å². The first-order valence-electron chi connectivity index (χ1n) is 9.27. The van der Waals surface area contributed by atoms with Crippen LogP contribution in [0.5, 0.6) is 11.5 Å². The van der Waals surface area contributed by atoms with Gasteiger partial charge in [0.25, 0.3) is 0 Å². The molecule has 3 aromatic carbocycles. The van der Waals surface area contributed by atoms with Gasteiger partial charge >= 0.3 is 12.3 Å². The van der Waals surface area contributed by atoms with E-state index in [0.29, 0.717) is 15.2 Å². The monoisotopic (exact) mass is 512 g/mol. The van der Waals surface area contributed by atoms with Crippen molar-refractivity contribution in [2.45, 2.75) is 12.3 Å². The summed E-state index contributed by atoms with van der Waals surface area (Å²) < 4.78 is 52.2. The van der Waals surface area contributed by atoms with Crippen molar-refractivity contribution in [3.05, 3.63) is 76.3 Å². The Morgan fingerprint density at radius 3 is 2.24 bits per heavy atom. The number of amides is 1. The molecule has 0 bridgehead atoms. The summed E-state index contributed by atoms with van der Waals surface area (Å²) in [5.74, 6) is 0.265. The Labute approximate surface area is 199 Å². The molecule has 0 aliphatic heterocycles. The van der Waals surface area contributed by atoms with E-state index in [1.165, 1.54) is 41.7 Å². The minimum Gasteiger partial charge on any atom is -0.476 e. The van der Waals surface area contributed by atoms with Gasteiger partial charge in [-0.1, -0.05) is 29.3 Å². The number of rotatable bonds is 5. The second-order valence-electron chi connectivity index (χ2n) is 6.77. The lowest BCUT2D eigenvalue weighted by atomic mass is 10.1. The van der Waals surface area contributed by atoms with Crippen LogP contribution in [0.1, 0.15) is 11.7 Å². The Bertz CT molecular complexity index is 1310. The Morgan fingerprint density at radius 1 is 1.00 bits per heavy atom. The molecule has 0 aliphatic rings. The van der Waals surface area contributed by atoms with Crippen LogP contribution in [0.15, 0.2) is 60.7 Å². The quantitative estimate of drug-likeness (QED) is 0.302. The molecule has 0 fully saturated rings. The summed E-state index contributed by atoms with van der Waals surface area (Å²) in [6.45, 7) is 0. The van der Waals surface area contributed by atoms with E-state index in [4.69, 9.17) is 38.4 Å². The average Bonchev–Trinajstić information content (AvgIpc) is 3.15. The normalized spacial score (nSPS) is 12.5. The van der Waals surface area contributed by atoms with Crippen molar-refractivity contribution in [1.29, 1.82) is 0 Å². The van der Waals surface area contributed by atoms with Crippen molar-refractivity contribution >= 4 is 50.8 Å². The van der Waals surface area contributed by atoms with Gasteiger partial charge in [-0.15, -0.1) is 11.3 Å². The molecule has 1 heterocycles. The zero-order valence-corrected chi connectivity index (χ0v) is 18.7. The van der Waals surface area contributed by atoms with Crippen molar-refractivity contribution in [3.63, 3.8) is 0 Å². The second-order valence-corrected chi connectivity index (χ2v) is 8.61. The van der Waals surface area contributed by atoms with Crippen molar-refractivity contribution in [2.24, 2.45) is 5.73 Å². The Hall–Kier alpha value is -3.01. The highest BCUT2D eigenvalue weighted by molar-refractivity contribution is 7.21. The number of hydrogen-bond donors (Lipinski definition) is 1. The van der Waals surface area contributed by atoms with Crippen LogP contribution in [-0.4, -0.2) is 17.3 Å². The lowest BCUT2D eigenvalue weighted by molar-refractivity contribution is -0.197. The number of nitrogens with two attached hydrogens (primary N) is 1. The number of halogens is 5. The molecular formula is C22H13Cl2F3N2O3S. The lowest BCUT2D eigenvalue weighted by Crippen LogP contribution is -2.26. The third-order valence-corrected chi connectivity index (χ3v) is 6.22. The first kappa shape index (κ1) is 23.2. The van der Waals surface area contributed by atoms with Crippen molar-refractivity contribution in [2.75, 3.05) is 0 Å². The molecule has 1 atom stereocenters. The molecular weight excluding hydrogens is 500 g/mol. The number of nitrogens with zero attached hydrogens (tertiary/aromatic N) is 1. The van der Waals surface area contributed by atoms with Crippen LogP contribution in [-0.2, 0) is 0 Å². The lowest BCUT2D eigenvalue weighted by Gasteiger charge is -2.24. The molecule has 2 N–H and O–H groups in total. The number of primary amides is 1. The largest absolute Gasteiger partial charge is 0.476 e. The number of carbonyl (C=O) groups excluding carboxylic acids is 1. The van der Waals surface area contributed by atoms with E-state index in [1.54, 1.807) is 30.3 Å². The van der Waals surface area contributed by atoms with Gasteiger partial charge in [-0.25, -0.2) is 9.78 Å². The van der Waals surface area contributed by atoms with Crippen molar-refractivity contribution in [3.8, 4) is 22.1 Å². The maximum atomic E-state index is 13.8. The van der Waals surface area contributed by atoms with Crippen LogP contribution in [0.25, 0.3) is 20.8 Å². The van der Waals surface area contributed by atoms with Crippen LogP contribution in [0.3, 0.4) is 0 Å². The number of aromatic nitrogens is 1. The number of ether oxygens (including phenoxy) is 2. The molecule has 0 saturated heterocycles. The zero-order chi connectivity index (χ0) is 23.8. The van der Waals surface area contributed by atoms with E-state index in [0.717, 1.165) is 5.56 Å². The summed E-state index contributed by atoms with van der Waals surface area (Å²) in [7, 11) is 0. The average molecular weight is 513 g/mol. The summed E-state index contributed by atoms with van der Waals surface area (Å²) in [6.07, 6.45) is -8.02. The van der Waals surface area contributed by atoms with Crippen LogP contribution < -0.4 is 15.2 Å². The third-order valence-electron chi connectivity index (χ3n) is 4.49. The van der Waals surface area contributed by atoms with Gasteiger partial charge in [0, 0.05) is 21.2 Å². The van der Waals surface area contributed by atoms with E-state index in [2.05, 4.69) is 4.98 Å². The number of alkyl halides is 3. The van der Waals surface area contributed by atoms with E-state index >= 15 is 0 Å². The zero-order valence-electron chi connectivity index (χ0n) is 16.4. The van der Waals surface area contributed by atoms with Gasteiger partial charge in [-0.05, 0) is 54.6 Å². The van der Waals surface area contributed by atoms with Gasteiger partial charge in [-0.2, -0.15) is 13.2 Å². The second kappa shape index (κ2) is 9.09. The number of thiazole rings is 1. The fourth-order valence-electron chi connectivity index (χ4n) is 3.07. The number of hydrogen-bond acceptors (Lipinski definition) is 5. The molecule has 0 aliphatic carbocycles. The number of carbonyl (C=O) groups is 1. The maximum Gasteiger partial charge on any atom is 0.429 e. The third kappa shape index (κ3) is 5.16. The summed E-state index contributed by atoms with van der Waals surface area (Å²) in [5, 5.41) is 0.332. The molecule has 0 saturated carbocycles. The summed E-state index contributed by atoms with van der Waals surface area (Å²) in [4.78, 5) is 15.3. The SMILES string of the molecule is NC(=O)Oc1ccc(-c2nc3ccc(OC(c4c(Cl)cccc4Cl)C(F)(F)F)cc3s2)cc1. The highest BCUT2D eigenvalue weighted by Gasteiger charge is 2.45. The summed E-state index contributed by atoms with van der Waals surface area (Å²) >= 11 is 13.3. The van der Waals surface area contributed by atoms with Gasteiger partial charge in [0.15, 0.2) is 0 Å². The van der Waals surface area contributed by atoms with Crippen molar-refractivity contribution < 1.29 is 27.4 Å². The minimum absolute atomic E-state index is 0.0128. The smallest absolute Gasteiger partial charge is 0.429 e. The van der Waals surface area contributed by atoms with Crippen LogP contribution >= 0.6 is 34.5 Å². The maximum absolute atomic E-state index is 13.8. The van der Waals surface area contributed by atoms with Gasteiger partial charge in [0.1, 0.15) is 16.5 Å². The van der Waals surface area contributed by atoms with E-state index in [1.807, 2.05) is 0 Å². The predicted octanol–water partition coefficient (Wildman–Crippen LogP) is 7.41. The Kier molecular flexibility index (Phi) is 6.38. The topological polar surface area (TPSA) is 74.4 Å². The van der Waals surface area contributed by atoms with Crippen LogP contribution in [0, 0.1) is 0 Å². The summed E-state index contributed by atoms with van der Waals surface area (Å²) in [5.41, 5.74) is 5.95. The molecule has 1 amide bonds. The highest BCUT2D eigenvalue weighted by atomic mass is 35.5. The Morgan fingerprint density at radius 2 is 1.64 bits per heavy atom. The van der Waals surface area contributed by atoms with Crippen LogP contribution in [0.2, 0.25) is 10.0 Å².